The number of carbonyl (C=O) groups is 2. The summed E-state index contributed by atoms with van der Waals surface area (Å²) in [6.45, 7) is 5.63. The minimum absolute atomic E-state index is 0.00160. The van der Waals surface area contributed by atoms with Gasteiger partial charge < -0.3 is 19.8 Å². The number of ether oxygens (including phenoxy) is 1. The maximum absolute atomic E-state index is 13.2. The summed E-state index contributed by atoms with van der Waals surface area (Å²) in [4.78, 5) is 26.9. The Morgan fingerprint density at radius 1 is 1.07 bits per heavy atom. The number of esters is 1. The lowest BCUT2D eigenvalue weighted by Crippen LogP contribution is -2.39. The SMILES string of the molecule is CC(C)(C)OC(=O)CCC(=O)N(Cc1ccc(O)cc1)C1c2ccccc2C[C@H]1O. The van der Waals surface area contributed by atoms with Crippen LogP contribution in [0.1, 0.15) is 56.3 Å². The van der Waals surface area contributed by atoms with Crippen molar-refractivity contribution in [1.82, 2.24) is 4.90 Å². The monoisotopic (exact) mass is 411 g/mol. The van der Waals surface area contributed by atoms with Crippen molar-refractivity contribution >= 4 is 11.9 Å². The van der Waals surface area contributed by atoms with Crippen LogP contribution < -0.4 is 0 Å². The summed E-state index contributed by atoms with van der Waals surface area (Å²) in [6.07, 6.45) is -0.262. The molecule has 30 heavy (non-hydrogen) atoms. The average molecular weight is 411 g/mol. The Kier molecular flexibility index (Phi) is 6.46. The van der Waals surface area contributed by atoms with Crippen LogP contribution in [0, 0.1) is 0 Å². The number of aliphatic hydroxyl groups is 1. The molecule has 0 fully saturated rings. The highest BCUT2D eigenvalue weighted by Crippen LogP contribution is 2.37. The van der Waals surface area contributed by atoms with Crippen molar-refractivity contribution in [1.29, 1.82) is 0 Å². The first-order valence-corrected chi connectivity index (χ1v) is 10.2. The van der Waals surface area contributed by atoms with Gasteiger partial charge in [-0.15, -0.1) is 0 Å². The lowest BCUT2D eigenvalue weighted by Gasteiger charge is -2.32. The van der Waals surface area contributed by atoms with E-state index < -0.39 is 23.7 Å². The summed E-state index contributed by atoms with van der Waals surface area (Å²) in [7, 11) is 0. The van der Waals surface area contributed by atoms with Crippen LogP contribution in [0.3, 0.4) is 0 Å². The molecular weight excluding hydrogens is 382 g/mol. The van der Waals surface area contributed by atoms with Crippen molar-refractivity contribution in [2.75, 3.05) is 0 Å². The van der Waals surface area contributed by atoms with Crippen LogP contribution in [-0.2, 0) is 27.3 Å². The summed E-state index contributed by atoms with van der Waals surface area (Å²) in [5.74, 6) is -0.504. The second-order valence-corrected chi connectivity index (χ2v) is 8.69. The van der Waals surface area contributed by atoms with E-state index in [1.54, 1.807) is 49.9 Å². The zero-order valence-electron chi connectivity index (χ0n) is 17.7. The van der Waals surface area contributed by atoms with Crippen molar-refractivity contribution in [3.63, 3.8) is 0 Å². The predicted molar refractivity (Wildman–Crippen MR) is 113 cm³/mol. The molecule has 1 amide bonds. The molecule has 3 rings (SSSR count). The van der Waals surface area contributed by atoms with Gasteiger partial charge in [-0.25, -0.2) is 0 Å². The highest BCUT2D eigenvalue weighted by molar-refractivity contribution is 5.82. The van der Waals surface area contributed by atoms with Gasteiger partial charge in [0.2, 0.25) is 5.91 Å². The molecule has 0 saturated heterocycles. The molecule has 6 heteroatoms. The van der Waals surface area contributed by atoms with Crippen LogP contribution in [0.5, 0.6) is 5.75 Å². The van der Waals surface area contributed by atoms with E-state index in [0.717, 1.165) is 16.7 Å². The number of aromatic hydroxyl groups is 1. The van der Waals surface area contributed by atoms with Crippen molar-refractivity contribution in [2.45, 2.75) is 64.3 Å². The first kappa shape index (κ1) is 21.8. The number of fused-ring (bicyclic) bond motifs is 1. The van der Waals surface area contributed by atoms with E-state index in [0.29, 0.717) is 6.42 Å². The average Bonchev–Trinajstić information content (AvgIpc) is 3.00. The highest BCUT2D eigenvalue weighted by atomic mass is 16.6. The summed E-state index contributed by atoms with van der Waals surface area (Å²) in [6, 6.07) is 13.9. The van der Waals surface area contributed by atoms with Gasteiger partial charge in [-0.1, -0.05) is 36.4 Å². The van der Waals surface area contributed by atoms with Gasteiger partial charge in [0.25, 0.3) is 0 Å². The standard InChI is InChI=1S/C24H29NO5/c1-24(2,3)30-22(29)13-12-21(28)25(15-16-8-10-18(26)11-9-16)23-19-7-5-4-6-17(19)14-20(23)27/h4-11,20,23,26-27H,12-15H2,1-3H3/t20-,23?/m1/s1. The van der Waals surface area contributed by atoms with Gasteiger partial charge >= 0.3 is 5.97 Å². The van der Waals surface area contributed by atoms with Gasteiger partial charge in [-0.2, -0.15) is 0 Å². The minimum Gasteiger partial charge on any atom is -0.508 e. The smallest absolute Gasteiger partial charge is 0.306 e. The summed E-state index contributed by atoms with van der Waals surface area (Å²) in [5.41, 5.74) is 2.17. The fourth-order valence-corrected chi connectivity index (χ4v) is 3.81. The molecule has 0 bridgehead atoms. The van der Waals surface area contributed by atoms with Crippen LogP contribution in [0.15, 0.2) is 48.5 Å². The van der Waals surface area contributed by atoms with Crippen molar-refractivity contribution in [3.05, 3.63) is 65.2 Å². The third-order valence-corrected chi connectivity index (χ3v) is 5.08. The van der Waals surface area contributed by atoms with Gasteiger partial charge in [0.1, 0.15) is 11.4 Å². The van der Waals surface area contributed by atoms with E-state index in [-0.39, 0.29) is 31.0 Å². The van der Waals surface area contributed by atoms with Crippen LogP contribution in [-0.4, -0.2) is 38.7 Å². The predicted octanol–water partition coefficient (Wildman–Crippen LogP) is 3.50. The summed E-state index contributed by atoms with van der Waals surface area (Å²) in [5, 5.41) is 20.3. The van der Waals surface area contributed by atoms with Crippen LogP contribution in [0.2, 0.25) is 0 Å². The van der Waals surface area contributed by atoms with E-state index in [9.17, 15) is 19.8 Å². The molecule has 1 aliphatic carbocycles. The van der Waals surface area contributed by atoms with E-state index in [1.807, 2.05) is 24.3 Å². The molecule has 160 valence electrons. The number of carbonyl (C=O) groups excluding carboxylic acids is 2. The highest BCUT2D eigenvalue weighted by Gasteiger charge is 2.37. The Morgan fingerprint density at radius 2 is 1.73 bits per heavy atom. The van der Waals surface area contributed by atoms with Crippen LogP contribution in [0.4, 0.5) is 0 Å². The number of phenols is 1. The topological polar surface area (TPSA) is 87.1 Å². The third kappa shape index (κ3) is 5.39. The van der Waals surface area contributed by atoms with Crippen LogP contribution >= 0.6 is 0 Å². The number of nitrogens with zero attached hydrogens (tertiary/aromatic N) is 1. The van der Waals surface area contributed by atoms with E-state index in [2.05, 4.69) is 0 Å². The molecule has 0 radical (unpaired) electrons. The number of phenolic OH excluding ortho intramolecular Hbond substituents is 1. The second-order valence-electron chi connectivity index (χ2n) is 8.69. The molecule has 1 aliphatic rings. The fraction of sp³-hybridized carbons (Fsp3) is 0.417. The number of rotatable bonds is 6. The maximum Gasteiger partial charge on any atom is 0.306 e. The van der Waals surface area contributed by atoms with E-state index >= 15 is 0 Å². The number of aliphatic hydroxyl groups excluding tert-OH is 1. The molecule has 0 heterocycles. The first-order valence-electron chi connectivity index (χ1n) is 10.2. The zero-order valence-corrected chi connectivity index (χ0v) is 17.7. The molecule has 0 spiro atoms. The second kappa shape index (κ2) is 8.88. The van der Waals surface area contributed by atoms with Gasteiger partial charge in [0.05, 0.1) is 18.6 Å². The Hall–Kier alpha value is -2.86. The molecule has 1 unspecified atom stereocenters. The Bertz CT molecular complexity index is 901. The maximum atomic E-state index is 13.2. The lowest BCUT2D eigenvalue weighted by molar-refractivity contribution is -0.156. The number of hydrogen-bond acceptors (Lipinski definition) is 5. The summed E-state index contributed by atoms with van der Waals surface area (Å²) < 4.78 is 5.32. The normalized spacial score (nSPS) is 18.0. The van der Waals surface area contributed by atoms with E-state index in [4.69, 9.17) is 4.74 Å². The Balaban J connectivity index is 1.82. The lowest BCUT2D eigenvalue weighted by atomic mass is 10.0. The molecule has 0 aromatic heterocycles. The van der Waals surface area contributed by atoms with Gasteiger partial charge in [0.15, 0.2) is 0 Å². The fourth-order valence-electron chi connectivity index (χ4n) is 3.81. The molecule has 2 aromatic rings. The molecule has 2 aromatic carbocycles. The Labute approximate surface area is 177 Å². The zero-order chi connectivity index (χ0) is 21.9. The number of benzene rings is 2. The Morgan fingerprint density at radius 3 is 2.40 bits per heavy atom. The number of amides is 1. The largest absolute Gasteiger partial charge is 0.508 e. The van der Waals surface area contributed by atoms with Gasteiger partial charge in [0, 0.05) is 19.4 Å². The van der Waals surface area contributed by atoms with Gasteiger partial charge in [-0.3, -0.25) is 9.59 Å². The molecule has 6 nitrogen and oxygen atoms in total. The van der Waals surface area contributed by atoms with Crippen molar-refractivity contribution in [2.24, 2.45) is 0 Å². The minimum atomic E-state index is -0.718. The number of hydrogen-bond donors (Lipinski definition) is 2. The quantitative estimate of drug-likeness (QED) is 0.711. The van der Waals surface area contributed by atoms with E-state index in [1.165, 1.54) is 0 Å². The molecule has 2 N–H and O–H groups in total. The molecule has 0 saturated carbocycles. The van der Waals surface area contributed by atoms with Crippen molar-refractivity contribution in [3.8, 4) is 5.75 Å². The first-order chi connectivity index (χ1) is 14.1. The molecule has 2 atom stereocenters. The molecule has 0 aliphatic heterocycles. The third-order valence-electron chi connectivity index (χ3n) is 5.08. The molecular formula is C24H29NO5. The summed E-state index contributed by atoms with van der Waals surface area (Å²) >= 11 is 0. The van der Waals surface area contributed by atoms with Gasteiger partial charge in [-0.05, 0) is 49.6 Å². The van der Waals surface area contributed by atoms with Crippen molar-refractivity contribution < 1.29 is 24.5 Å². The van der Waals surface area contributed by atoms with Crippen LogP contribution in [0.25, 0.3) is 0 Å².